The van der Waals surface area contributed by atoms with Crippen LogP contribution >= 0.6 is 11.6 Å². The summed E-state index contributed by atoms with van der Waals surface area (Å²) in [5, 5.41) is 3.93. The Morgan fingerprint density at radius 2 is 1.83 bits per heavy atom. The van der Waals surface area contributed by atoms with E-state index in [0.717, 1.165) is 18.0 Å². The number of nitrogens with zero attached hydrogens (tertiary/aromatic N) is 2. The van der Waals surface area contributed by atoms with Crippen molar-refractivity contribution in [1.82, 2.24) is 9.97 Å². The molecule has 0 spiro atoms. The van der Waals surface area contributed by atoms with Gasteiger partial charge in [0.2, 0.25) is 0 Å². The van der Waals surface area contributed by atoms with Crippen LogP contribution in [0.4, 0.5) is 11.6 Å². The number of benzene rings is 1. The van der Waals surface area contributed by atoms with Gasteiger partial charge < -0.3 is 10.7 Å². The molecule has 6 heteroatoms. The van der Waals surface area contributed by atoms with Crippen molar-refractivity contribution in [3.8, 4) is 0 Å². The van der Waals surface area contributed by atoms with Crippen molar-refractivity contribution in [3.05, 3.63) is 47.2 Å². The van der Waals surface area contributed by atoms with Crippen molar-refractivity contribution in [2.24, 2.45) is 5.84 Å². The van der Waals surface area contributed by atoms with Gasteiger partial charge in [0.25, 0.3) is 0 Å². The molecular formula is C12H14ClN5. The molecule has 94 valence electrons. The van der Waals surface area contributed by atoms with Crippen LogP contribution in [0.1, 0.15) is 5.56 Å². The first-order valence-corrected chi connectivity index (χ1v) is 5.93. The molecule has 2 aromatic rings. The van der Waals surface area contributed by atoms with E-state index in [4.69, 9.17) is 17.4 Å². The van der Waals surface area contributed by atoms with Gasteiger partial charge >= 0.3 is 0 Å². The molecule has 1 aromatic heterocycles. The maximum atomic E-state index is 5.82. The number of hydrazine groups is 1. The zero-order valence-electron chi connectivity index (χ0n) is 9.73. The summed E-state index contributed by atoms with van der Waals surface area (Å²) in [7, 11) is 0. The molecule has 0 radical (unpaired) electrons. The zero-order valence-corrected chi connectivity index (χ0v) is 10.5. The predicted octanol–water partition coefficient (Wildman–Crippen LogP) is 2.07. The number of nitrogen functional groups attached to an aromatic ring is 1. The van der Waals surface area contributed by atoms with Gasteiger partial charge in [0.15, 0.2) is 5.82 Å². The lowest BCUT2D eigenvalue weighted by Crippen LogP contribution is -2.11. The fourth-order valence-corrected chi connectivity index (χ4v) is 1.63. The molecule has 0 aliphatic carbocycles. The minimum Gasteiger partial charge on any atom is -0.368 e. The van der Waals surface area contributed by atoms with Crippen molar-refractivity contribution in [1.29, 1.82) is 0 Å². The number of anilines is 2. The molecule has 0 amide bonds. The third-order valence-electron chi connectivity index (χ3n) is 2.42. The number of rotatable bonds is 5. The highest BCUT2D eigenvalue weighted by atomic mass is 35.5. The van der Waals surface area contributed by atoms with Crippen LogP contribution in [0.2, 0.25) is 5.02 Å². The van der Waals surface area contributed by atoms with Gasteiger partial charge in [-0.25, -0.2) is 10.8 Å². The molecule has 1 aromatic carbocycles. The van der Waals surface area contributed by atoms with E-state index in [0.29, 0.717) is 11.6 Å². The Hall–Kier alpha value is -1.85. The van der Waals surface area contributed by atoms with E-state index >= 15 is 0 Å². The van der Waals surface area contributed by atoms with E-state index in [1.165, 1.54) is 5.56 Å². The van der Waals surface area contributed by atoms with Crippen LogP contribution < -0.4 is 16.6 Å². The number of halogens is 1. The van der Waals surface area contributed by atoms with Gasteiger partial charge in [-0.1, -0.05) is 23.7 Å². The summed E-state index contributed by atoms with van der Waals surface area (Å²) in [5.74, 6) is 6.49. The normalized spacial score (nSPS) is 10.1. The second kappa shape index (κ2) is 6.18. The highest BCUT2D eigenvalue weighted by molar-refractivity contribution is 6.30. The summed E-state index contributed by atoms with van der Waals surface area (Å²) < 4.78 is 0. The van der Waals surface area contributed by atoms with E-state index in [-0.39, 0.29) is 0 Å². The average molecular weight is 264 g/mol. The van der Waals surface area contributed by atoms with Crippen LogP contribution in [-0.2, 0) is 6.42 Å². The number of hydrogen-bond donors (Lipinski definition) is 3. The molecule has 18 heavy (non-hydrogen) atoms. The Morgan fingerprint density at radius 3 is 2.56 bits per heavy atom. The number of hydrogen-bond acceptors (Lipinski definition) is 5. The second-order valence-electron chi connectivity index (χ2n) is 3.74. The van der Waals surface area contributed by atoms with Crippen molar-refractivity contribution in [2.75, 3.05) is 17.3 Å². The van der Waals surface area contributed by atoms with Crippen LogP contribution in [0.15, 0.2) is 36.7 Å². The van der Waals surface area contributed by atoms with Gasteiger partial charge in [0.05, 0.1) is 12.4 Å². The molecule has 4 N–H and O–H groups in total. The molecule has 0 unspecified atom stereocenters. The standard InChI is InChI=1S/C12H14ClN5/c13-10-3-1-9(2-4-10)5-6-16-11-7-15-8-12(17-11)18-14/h1-4,7-8H,5-6,14H2,(H2,16,17,18). The molecule has 2 rings (SSSR count). The largest absolute Gasteiger partial charge is 0.368 e. The fraction of sp³-hybridized carbons (Fsp3) is 0.167. The van der Waals surface area contributed by atoms with Gasteiger partial charge in [-0.05, 0) is 24.1 Å². The molecule has 0 aliphatic heterocycles. The van der Waals surface area contributed by atoms with Crippen molar-refractivity contribution < 1.29 is 0 Å². The Balaban J connectivity index is 1.86. The third-order valence-corrected chi connectivity index (χ3v) is 2.67. The molecule has 0 saturated heterocycles. The van der Waals surface area contributed by atoms with Gasteiger partial charge in [0.1, 0.15) is 5.82 Å². The topological polar surface area (TPSA) is 75.9 Å². The summed E-state index contributed by atoms with van der Waals surface area (Å²) >= 11 is 5.82. The molecular weight excluding hydrogens is 250 g/mol. The first-order chi connectivity index (χ1) is 8.78. The summed E-state index contributed by atoms with van der Waals surface area (Å²) in [4.78, 5) is 8.21. The molecule has 1 heterocycles. The minimum absolute atomic E-state index is 0.534. The van der Waals surface area contributed by atoms with E-state index in [9.17, 15) is 0 Å². The van der Waals surface area contributed by atoms with Crippen LogP contribution in [0.5, 0.6) is 0 Å². The maximum Gasteiger partial charge on any atom is 0.160 e. The first kappa shape index (κ1) is 12.6. The number of aromatic nitrogens is 2. The Kier molecular flexibility index (Phi) is 4.33. The fourth-order valence-electron chi connectivity index (χ4n) is 1.51. The predicted molar refractivity (Wildman–Crippen MR) is 73.5 cm³/mol. The Morgan fingerprint density at radius 1 is 1.11 bits per heavy atom. The average Bonchev–Trinajstić information content (AvgIpc) is 2.41. The zero-order chi connectivity index (χ0) is 12.8. The van der Waals surface area contributed by atoms with Gasteiger partial charge in [0, 0.05) is 11.6 Å². The first-order valence-electron chi connectivity index (χ1n) is 5.55. The lowest BCUT2D eigenvalue weighted by molar-refractivity contribution is 0.998. The monoisotopic (exact) mass is 263 g/mol. The minimum atomic E-state index is 0.534. The van der Waals surface area contributed by atoms with E-state index in [2.05, 4.69) is 20.7 Å². The lowest BCUT2D eigenvalue weighted by atomic mass is 10.1. The van der Waals surface area contributed by atoms with Crippen LogP contribution in [-0.4, -0.2) is 16.5 Å². The highest BCUT2D eigenvalue weighted by Crippen LogP contribution is 2.10. The summed E-state index contributed by atoms with van der Waals surface area (Å²) in [6.07, 6.45) is 4.10. The Bertz CT molecular complexity index is 500. The number of nitrogens with one attached hydrogen (secondary N) is 2. The van der Waals surface area contributed by atoms with Crippen LogP contribution in [0.25, 0.3) is 0 Å². The van der Waals surface area contributed by atoms with Gasteiger partial charge in [-0.15, -0.1) is 0 Å². The van der Waals surface area contributed by atoms with Crippen molar-refractivity contribution >= 4 is 23.2 Å². The molecule has 5 nitrogen and oxygen atoms in total. The van der Waals surface area contributed by atoms with Crippen LogP contribution in [0.3, 0.4) is 0 Å². The Labute approximate surface area is 110 Å². The molecule has 0 atom stereocenters. The van der Waals surface area contributed by atoms with Gasteiger partial charge in [-0.2, -0.15) is 0 Å². The second-order valence-corrected chi connectivity index (χ2v) is 4.17. The third kappa shape index (κ3) is 3.58. The van der Waals surface area contributed by atoms with E-state index < -0.39 is 0 Å². The smallest absolute Gasteiger partial charge is 0.160 e. The highest BCUT2D eigenvalue weighted by Gasteiger charge is 1.97. The summed E-state index contributed by atoms with van der Waals surface area (Å²) in [6.45, 7) is 0.768. The molecule has 0 saturated carbocycles. The van der Waals surface area contributed by atoms with Crippen molar-refractivity contribution in [3.63, 3.8) is 0 Å². The maximum absolute atomic E-state index is 5.82. The SMILES string of the molecule is NNc1cncc(NCCc2ccc(Cl)cc2)n1. The van der Waals surface area contributed by atoms with Crippen LogP contribution in [0, 0.1) is 0 Å². The lowest BCUT2D eigenvalue weighted by Gasteiger charge is -2.06. The van der Waals surface area contributed by atoms with E-state index in [1.807, 2.05) is 24.3 Å². The van der Waals surface area contributed by atoms with E-state index in [1.54, 1.807) is 12.4 Å². The molecule has 0 aliphatic rings. The van der Waals surface area contributed by atoms with Crippen molar-refractivity contribution in [2.45, 2.75) is 6.42 Å². The number of nitrogens with two attached hydrogens (primary N) is 1. The molecule has 0 fully saturated rings. The van der Waals surface area contributed by atoms with Gasteiger partial charge in [-0.3, -0.25) is 4.98 Å². The summed E-state index contributed by atoms with van der Waals surface area (Å²) in [5.41, 5.74) is 3.67. The quantitative estimate of drug-likeness (QED) is 0.569. The molecule has 0 bridgehead atoms. The summed E-state index contributed by atoms with van der Waals surface area (Å²) in [6, 6.07) is 7.78.